The van der Waals surface area contributed by atoms with Crippen molar-refractivity contribution in [2.75, 3.05) is 0 Å². The third-order valence-corrected chi connectivity index (χ3v) is 4.83. The Balaban J connectivity index is 1.69. The van der Waals surface area contributed by atoms with Gasteiger partial charge in [0.05, 0.1) is 12.5 Å². The Morgan fingerprint density at radius 1 is 1.25 bits per heavy atom. The van der Waals surface area contributed by atoms with Gasteiger partial charge in [-0.05, 0) is 54.0 Å². The number of allylic oxidation sites excluding steroid dienone is 1. The minimum Gasteiger partial charge on any atom is -0.489 e. The monoisotopic (exact) mass is 449 g/mol. The molecule has 0 spiro atoms. The van der Waals surface area contributed by atoms with Crippen LogP contribution in [0.2, 0.25) is 0 Å². The molecule has 2 aromatic carbocycles. The number of carboxylic acid groups (broad SMARTS) is 1. The first kappa shape index (κ1) is 23.2. The number of aliphatic carboxylic acids is 1. The molecule has 2 aromatic rings. The fourth-order valence-corrected chi connectivity index (χ4v) is 3.33. The number of benzene rings is 2. The van der Waals surface area contributed by atoms with Crippen molar-refractivity contribution in [1.29, 1.82) is 0 Å². The summed E-state index contributed by atoms with van der Waals surface area (Å²) in [6, 6.07) is 11.0. The lowest BCUT2D eigenvalue weighted by molar-refractivity contribution is -0.274. The molecule has 0 aromatic heterocycles. The lowest BCUT2D eigenvalue weighted by Crippen LogP contribution is -2.29. The fraction of sp³-hybridized carbons (Fsp3) is 0.261. The molecule has 0 radical (unpaired) electrons. The third-order valence-electron chi connectivity index (χ3n) is 4.83. The van der Waals surface area contributed by atoms with Gasteiger partial charge >= 0.3 is 12.3 Å². The van der Waals surface area contributed by atoms with Crippen molar-refractivity contribution in [2.24, 2.45) is 0 Å². The molecule has 1 heterocycles. The number of ether oxygens (including phenoxy) is 2. The Morgan fingerprint density at radius 3 is 2.53 bits per heavy atom. The SMILES string of the molecule is C=C(C)c1cc(COc2ccc([C@H](CC(=O)O)C3C=CON3)cc2)ccc1OC(F)(F)F. The van der Waals surface area contributed by atoms with Gasteiger partial charge < -0.3 is 19.4 Å². The molecule has 1 aliphatic rings. The van der Waals surface area contributed by atoms with Crippen LogP contribution >= 0.6 is 0 Å². The van der Waals surface area contributed by atoms with Crippen LogP contribution in [0, 0.1) is 0 Å². The van der Waals surface area contributed by atoms with Crippen LogP contribution in [0.4, 0.5) is 13.2 Å². The van der Waals surface area contributed by atoms with Gasteiger partial charge in [-0.25, -0.2) is 0 Å². The first-order chi connectivity index (χ1) is 15.1. The summed E-state index contributed by atoms with van der Waals surface area (Å²) in [4.78, 5) is 16.2. The minimum absolute atomic E-state index is 0.0817. The van der Waals surface area contributed by atoms with Gasteiger partial charge in [-0.3, -0.25) is 4.79 Å². The minimum atomic E-state index is -4.79. The first-order valence-corrected chi connectivity index (χ1v) is 9.69. The Kier molecular flexibility index (Phi) is 7.09. The van der Waals surface area contributed by atoms with Crippen LogP contribution < -0.4 is 15.0 Å². The molecule has 9 heteroatoms. The van der Waals surface area contributed by atoms with Gasteiger partial charge in [0.15, 0.2) is 0 Å². The predicted octanol–water partition coefficient (Wildman–Crippen LogP) is 5.17. The molecule has 0 saturated carbocycles. The van der Waals surface area contributed by atoms with E-state index in [4.69, 9.17) is 9.57 Å². The first-order valence-electron chi connectivity index (χ1n) is 9.69. The number of hydrogen-bond acceptors (Lipinski definition) is 5. The molecular formula is C23H22F3NO5. The molecule has 2 atom stereocenters. The zero-order valence-corrected chi connectivity index (χ0v) is 17.2. The highest BCUT2D eigenvalue weighted by atomic mass is 19.4. The van der Waals surface area contributed by atoms with E-state index in [1.807, 2.05) is 0 Å². The molecule has 6 nitrogen and oxygen atoms in total. The van der Waals surface area contributed by atoms with E-state index in [1.165, 1.54) is 18.4 Å². The van der Waals surface area contributed by atoms with Gasteiger partial charge in [-0.2, -0.15) is 0 Å². The van der Waals surface area contributed by atoms with Crippen molar-refractivity contribution < 1.29 is 37.4 Å². The second-order valence-corrected chi connectivity index (χ2v) is 7.31. The van der Waals surface area contributed by atoms with E-state index in [1.54, 1.807) is 43.3 Å². The van der Waals surface area contributed by atoms with E-state index in [0.717, 1.165) is 5.56 Å². The van der Waals surface area contributed by atoms with Crippen LogP contribution in [-0.2, 0) is 16.2 Å². The lowest BCUT2D eigenvalue weighted by atomic mass is 9.89. The number of nitrogens with one attached hydrogen (secondary N) is 1. The van der Waals surface area contributed by atoms with E-state index in [9.17, 15) is 23.1 Å². The maximum atomic E-state index is 12.6. The number of rotatable bonds is 9. The molecule has 1 aliphatic heterocycles. The quantitative estimate of drug-likeness (QED) is 0.550. The van der Waals surface area contributed by atoms with E-state index in [0.29, 0.717) is 16.9 Å². The number of alkyl halides is 3. The van der Waals surface area contributed by atoms with E-state index < -0.39 is 12.3 Å². The largest absolute Gasteiger partial charge is 0.573 e. The second-order valence-electron chi connectivity index (χ2n) is 7.31. The Bertz CT molecular complexity index is 1000. The summed E-state index contributed by atoms with van der Waals surface area (Å²) in [5, 5.41) is 9.22. The number of hydrogen-bond donors (Lipinski definition) is 2. The molecule has 1 unspecified atom stereocenters. The zero-order valence-electron chi connectivity index (χ0n) is 17.2. The van der Waals surface area contributed by atoms with Crippen molar-refractivity contribution in [3.8, 4) is 11.5 Å². The standard InChI is InChI=1S/C23H22F3NO5/c1-14(2)18-11-15(3-8-21(18)32-23(24,25)26)13-30-17-6-4-16(5-7-17)19(12-22(28)29)20-9-10-31-27-20/h3-11,19-20,27H,1,12-13H2,2H3,(H,28,29)/t19-,20?/m0/s1. The Hall–Kier alpha value is -3.46. The molecule has 0 bridgehead atoms. The number of halogens is 3. The molecule has 3 rings (SSSR count). The highest BCUT2D eigenvalue weighted by molar-refractivity contribution is 5.68. The highest BCUT2D eigenvalue weighted by Gasteiger charge is 2.32. The van der Waals surface area contributed by atoms with Gasteiger partial charge in [0, 0.05) is 11.5 Å². The molecule has 0 amide bonds. The predicted molar refractivity (Wildman–Crippen MR) is 111 cm³/mol. The molecule has 170 valence electrons. The topological polar surface area (TPSA) is 77.0 Å². The molecule has 0 aliphatic carbocycles. The van der Waals surface area contributed by atoms with Crippen LogP contribution in [0.3, 0.4) is 0 Å². The second kappa shape index (κ2) is 9.78. The summed E-state index contributed by atoms with van der Waals surface area (Å²) in [6.45, 7) is 5.41. The average molecular weight is 449 g/mol. The van der Waals surface area contributed by atoms with E-state index >= 15 is 0 Å². The van der Waals surface area contributed by atoms with Gasteiger partial charge in [-0.15, -0.1) is 18.7 Å². The van der Waals surface area contributed by atoms with Crippen molar-refractivity contribution >= 4 is 11.5 Å². The number of hydroxylamine groups is 1. The summed E-state index contributed by atoms with van der Waals surface area (Å²) in [7, 11) is 0. The summed E-state index contributed by atoms with van der Waals surface area (Å²) >= 11 is 0. The fourth-order valence-electron chi connectivity index (χ4n) is 3.33. The summed E-state index contributed by atoms with van der Waals surface area (Å²) < 4.78 is 47.6. The molecular weight excluding hydrogens is 427 g/mol. The van der Waals surface area contributed by atoms with Gasteiger partial charge in [-0.1, -0.05) is 24.8 Å². The van der Waals surface area contributed by atoms with Gasteiger partial charge in [0.1, 0.15) is 24.4 Å². The van der Waals surface area contributed by atoms with Crippen LogP contribution in [0.25, 0.3) is 5.57 Å². The van der Waals surface area contributed by atoms with Gasteiger partial charge in [0.25, 0.3) is 0 Å². The summed E-state index contributed by atoms with van der Waals surface area (Å²) in [5.41, 5.74) is 4.87. The van der Waals surface area contributed by atoms with Crippen molar-refractivity contribution in [3.05, 3.63) is 78.1 Å². The van der Waals surface area contributed by atoms with Gasteiger partial charge in [0.2, 0.25) is 0 Å². The Morgan fingerprint density at radius 2 is 1.97 bits per heavy atom. The van der Waals surface area contributed by atoms with Crippen LogP contribution in [0.5, 0.6) is 11.5 Å². The molecule has 32 heavy (non-hydrogen) atoms. The highest BCUT2D eigenvalue weighted by Crippen LogP contribution is 2.32. The van der Waals surface area contributed by atoms with Crippen LogP contribution in [0.15, 0.2) is 61.4 Å². The maximum absolute atomic E-state index is 12.6. The van der Waals surface area contributed by atoms with Crippen molar-refractivity contribution in [3.63, 3.8) is 0 Å². The third kappa shape index (κ3) is 6.27. The van der Waals surface area contributed by atoms with Crippen molar-refractivity contribution in [1.82, 2.24) is 5.48 Å². The van der Waals surface area contributed by atoms with Crippen LogP contribution in [-0.4, -0.2) is 23.5 Å². The number of carboxylic acids is 1. The lowest BCUT2D eigenvalue weighted by Gasteiger charge is -2.20. The summed E-state index contributed by atoms with van der Waals surface area (Å²) in [5.74, 6) is -1.05. The normalized spacial score (nSPS) is 16.3. The maximum Gasteiger partial charge on any atom is 0.573 e. The molecule has 2 N–H and O–H groups in total. The van der Waals surface area contributed by atoms with Crippen LogP contribution in [0.1, 0.15) is 36.0 Å². The average Bonchev–Trinajstić information content (AvgIpc) is 3.25. The number of carbonyl (C=O) groups is 1. The smallest absolute Gasteiger partial charge is 0.489 e. The summed E-state index contributed by atoms with van der Waals surface area (Å²) in [6.07, 6.45) is -1.65. The molecule has 0 fully saturated rings. The van der Waals surface area contributed by atoms with E-state index in [2.05, 4.69) is 16.8 Å². The zero-order chi connectivity index (χ0) is 23.3. The van der Waals surface area contributed by atoms with Crippen molar-refractivity contribution in [2.45, 2.75) is 38.3 Å². The van der Waals surface area contributed by atoms with E-state index in [-0.39, 0.29) is 36.3 Å². The Labute approximate surface area is 182 Å². The molecule has 0 saturated heterocycles.